The van der Waals surface area contributed by atoms with Crippen molar-refractivity contribution < 1.29 is 0 Å². The van der Waals surface area contributed by atoms with Crippen molar-refractivity contribution in [2.75, 3.05) is 37.6 Å². The van der Waals surface area contributed by atoms with Gasteiger partial charge in [0.05, 0.1) is 6.54 Å². The molecule has 0 aliphatic carbocycles. The Bertz CT molecular complexity index is 450. The molecule has 0 amide bonds. The Labute approximate surface area is 128 Å². The third-order valence-electron chi connectivity index (χ3n) is 3.50. The van der Waals surface area contributed by atoms with E-state index < -0.39 is 0 Å². The smallest absolute Gasteiger partial charge is 0.127 e. The third-order valence-corrected chi connectivity index (χ3v) is 3.50. The zero-order valence-corrected chi connectivity index (χ0v) is 13.3. The lowest BCUT2D eigenvalue weighted by atomic mass is 10.1. The zero-order valence-electron chi connectivity index (χ0n) is 13.3. The van der Waals surface area contributed by atoms with Gasteiger partial charge in [-0.05, 0) is 44.1 Å². The second kappa shape index (κ2) is 9.23. The van der Waals surface area contributed by atoms with Gasteiger partial charge in [-0.3, -0.25) is 4.99 Å². The highest BCUT2D eigenvalue weighted by Crippen LogP contribution is 2.15. The second-order valence-corrected chi connectivity index (χ2v) is 5.02. The minimum absolute atomic E-state index is 0.474. The molecule has 1 aromatic rings. The molecule has 6 N–H and O–H groups in total. The van der Waals surface area contributed by atoms with Crippen molar-refractivity contribution in [2.45, 2.75) is 33.1 Å². The number of aliphatic imine (C=N–C) groups is 1. The molecule has 1 fully saturated rings. The van der Waals surface area contributed by atoms with Crippen molar-refractivity contribution in [3.8, 4) is 0 Å². The predicted octanol–water partition coefficient (Wildman–Crippen LogP) is 2.07. The van der Waals surface area contributed by atoms with Crippen molar-refractivity contribution in [2.24, 2.45) is 10.7 Å². The highest BCUT2D eigenvalue weighted by molar-refractivity contribution is 6.02. The van der Waals surface area contributed by atoms with E-state index in [-0.39, 0.29) is 0 Å². The fourth-order valence-electron chi connectivity index (χ4n) is 2.38. The van der Waals surface area contributed by atoms with Gasteiger partial charge in [0.1, 0.15) is 5.84 Å². The molecule has 2 rings (SSSR count). The first-order valence-electron chi connectivity index (χ1n) is 7.84. The van der Waals surface area contributed by atoms with Gasteiger partial charge >= 0.3 is 0 Å². The van der Waals surface area contributed by atoms with Crippen molar-refractivity contribution in [1.82, 2.24) is 4.90 Å². The molecule has 118 valence electrons. The fourth-order valence-corrected chi connectivity index (χ4v) is 2.38. The number of likely N-dealkylation sites (tertiary alicyclic amines) is 1. The average molecular weight is 291 g/mol. The number of anilines is 2. The number of nitrogens with zero attached hydrogens (tertiary/aromatic N) is 2. The Kier molecular flexibility index (Phi) is 7.61. The first-order chi connectivity index (χ1) is 10.2. The third kappa shape index (κ3) is 5.63. The van der Waals surface area contributed by atoms with Gasteiger partial charge in [0.2, 0.25) is 0 Å². The molecule has 1 aliphatic heterocycles. The second-order valence-electron chi connectivity index (χ2n) is 5.02. The number of benzene rings is 1. The van der Waals surface area contributed by atoms with Crippen LogP contribution in [0.4, 0.5) is 11.4 Å². The summed E-state index contributed by atoms with van der Waals surface area (Å²) in [6.45, 7) is 8.02. The largest absolute Gasteiger partial charge is 0.399 e. The average Bonchev–Trinajstić information content (AvgIpc) is 2.52. The van der Waals surface area contributed by atoms with Crippen molar-refractivity contribution in [3.05, 3.63) is 23.8 Å². The normalized spacial score (nSPS) is 16.2. The summed E-state index contributed by atoms with van der Waals surface area (Å²) < 4.78 is 0. The van der Waals surface area contributed by atoms with Crippen molar-refractivity contribution in [1.29, 1.82) is 0 Å². The van der Waals surface area contributed by atoms with Crippen LogP contribution in [-0.4, -0.2) is 36.9 Å². The highest BCUT2D eigenvalue weighted by atomic mass is 15.1. The van der Waals surface area contributed by atoms with E-state index in [0.29, 0.717) is 23.8 Å². The van der Waals surface area contributed by atoms with Gasteiger partial charge in [-0.25, -0.2) is 0 Å². The number of rotatable bonds is 4. The molecule has 1 heterocycles. The maximum Gasteiger partial charge on any atom is 0.127 e. The molecule has 0 aromatic heterocycles. The monoisotopic (exact) mass is 291 g/mol. The lowest BCUT2D eigenvalue weighted by molar-refractivity contribution is 0.235. The Morgan fingerprint density at radius 1 is 1.14 bits per heavy atom. The van der Waals surface area contributed by atoms with E-state index in [1.807, 2.05) is 13.8 Å². The summed E-state index contributed by atoms with van der Waals surface area (Å²) in [7, 11) is 0. The van der Waals surface area contributed by atoms with Gasteiger partial charge < -0.3 is 22.1 Å². The Morgan fingerprint density at radius 3 is 2.48 bits per heavy atom. The molecule has 1 aromatic carbocycles. The molecule has 1 saturated heterocycles. The molecule has 21 heavy (non-hydrogen) atoms. The van der Waals surface area contributed by atoms with Crippen LogP contribution in [0.25, 0.3) is 0 Å². The molecule has 5 nitrogen and oxygen atoms in total. The van der Waals surface area contributed by atoms with Crippen LogP contribution in [0.5, 0.6) is 0 Å². The first-order valence-corrected chi connectivity index (χ1v) is 7.84. The van der Waals surface area contributed by atoms with Gasteiger partial charge in [-0.15, -0.1) is 0 Å². The number of amidine groups is 1. The highest BCUT2D eigenvalue weighted by Gasteiger charge is 2.09. The van der Waals surface area contributed by atoms with Crippen LogP contribution in [0.2, 0.25) is 0 Å². The van der Waals surface area contributed by atoms with Gasteiger partial charge in [-0.2, -0.15) is 0 Å². The molecule has 0 spiro atoms. The molecule has 0 bridgehead atoms. The van der Waals surface area contributed by atoms with E-state index in [2.05, 4.69) is 9.89 Å². The molecule has 0 atom stereocenters. The van der Waals surface area contributed by atoms with Crippen LogP contribution < -0.4 is 17.2 Å². The maximum atomic E-state index is 5.98. The SMILES string of the molecule is CC.NC(=NCCN1CCCCC1)c1cc(N)ccc1N. The summed E-state index contributed by atoms with van der Waals surface area (Å²) in [5.74, 6) is 0.474. The summed E-state index contributed by atoms with van der Waals surface area (Å²) in [5.41, 5.74) is 19.6. The minimum atomic E-state index is 0.474. The summed E-state index contributed by atoms with van der Waals surface area (Å²) in [4.78, 5) is 6.84. The van der Waals surface area contributed by atoms with E-state index in [0.717, 1.165) is 12.1 Å². The standard InChI is InChI=1S/C14H23N5.C2H6/c15-11-4-5-13(16)12(10-11)14(17)18-6-9-19-7-2-1-3-8-19;1-2/h4-5,10H,1-3,6-9,15-16H2,(H2,17,18);1-2H3. The number of nitrogens with two attached hydrogens (primary N) is 3. The topological polar surface area (TPSA) is 93.7 Å². The van der Waals surface area contributed by atoms with Gasteiger partial charge in [0.25, 0.3) is 0 Å². The Balaban J connectivity index is 0.00000106. The molecular weight excluding hydrogens is 262 g/mol. The van der Waals surface area contributed by atoms with Crippen LogP contribution in [0.1, 0.15) is 38.7 Å². The molecular formula is C16H29N5. The lowest BCUT2D eigenvalue weighted by Gasteiger charge is -2.25. The van der Waals surface area contributed by atoms with E-state index >= 15 is 0 Å². The van der Waals surface area contributed by atoms with E-state index in [4.69, 9.17) is 17.2 Å². The minimum Gasteiger partial charge on any atom is -0.399 e. The van der Waals surface area contributed by atoms with E-state index in [9.17, 15) is 0 Å². The summed E-state index contributed by atoms with van der Waals surface area (Å²) in [6, 6.07) is 5.30. The van der Waals surface area contributed by atoms with Crippen LogP contribution in [0, 0.1) is 0 Å². The van der Waals surface area contributed by atoms with Crippen LogP contribution in [0.15, 0.2) is 23.2 Å². The van der Waals surface area contributed by atoms with Gasteiger partial charge in [0, 0.05) is 23.5 Å². The molecule has 5 heteroatoms. The van der Waals surface area contributed by atoms with Crippen LogP contribution in [-0.2, 0) is 0 Å². The predicted molar refractivity (Wildman–Crippen MR) is 92.5 cm³/mol. The number of nitrogen functional groups attached to an aromatic ring is 2. The summed E-state index contributed by atoms with van der Waals surface area (Å²) >= 11 is 0. The fraction of sp³-hybridized carbons (Fsp3) is 0.562. The summed E-state index contributed by atoms with van der Waals surface area (Å²) in [5, 5.41) is 0. The summed E-state index contributed by atoms with van der Waals surface area (Å²) in [6.07, 6.45) is 3.93. The van der Waals surface area contributed by atoms with Crippen LogP contribution in [0.3, 0.4) is 0 Å². The Hall–Kier alpha value is -1.75. The lowest BCUT2D eigenvalue weighted by Crippen LogP contribution is -2.32. The number of hydrogen-bond donors (Lipinski definition) is 3. The molecule has 0 unspecified atom stereocenters. The first kappa shape index (κ1) is 17.3. The van der Waals surface area contributed by atoms with E-state index in [1.165, 1.54) is 32.4 Å². The van der Waals surface area contributed by atoms with Crippen LogP contribution >= 0.6 is 0 Å². The maximum absolute atomic E-state index is 5.98. The zero-order chi connectivity index (χ0) is 15.7. The van der Waals surface area contributed by atoms with Crippen molar-refractivity contribution >= 4 is 17.2 Å². The quantitative estimate of drug-likeness (QED) is 0.450. The Morgan fingerprint density at radius 2 is 1.81 bits per heavy atom. The molecule has 0 saturated carbocycles. The van der Waals surface area contributed by atoms with Crippen molar-refractivity contribution in [3.63, 3.8) is 0 Å². The number of hydrogen-bond acceptors (Lipinski definition) is 4. The van der Waals surface area contributed by atoms with E-state index in [1.54, 1.807) is 18.2 Å². The van der Waals surface area contributed by atoms with Gasteiger partial charge in [0.15, 0.2) is 0 Å². The van der Waals surface area contributed by atoms with Gasteiger partial charge in [-0.1, -0.05) is 20.3 Å². The molecule has 0 radical (unpaired) electrons. The molecule has 1 aliphatic rings. The number of piperidine rings is 1.